The number of benzene rings is 2. The molecule has 2 aromatic carbocycles. The van der Waals surface area contributed by atoms with Crippen molar-refractivity contribution in [1.29, 1.82) is 5.26 Å². The molecule has 1 N–H and O–H groups in total. The number of carbonyl (C=O) groups is 1. The first-order valence-electron chi connectivity index (χ1n) is 10.7. The molecule has 11 heteroatoms. The minimum Gasteiger partial charge on any atom is -0.390 e. The van der Waals surface area contributed by atoms with E-state index in [1.165, 1.54) is 18.5 Å². The molecule has 1 amide bonds. The van der Waals surface area contributed by atoms with Gasteiger partial charge in [0.1, 0.15) is 12.1 Å². The molecule has 0 fully saturated rings. The standard InChI is InChI=1S/C25H17F3N6O2/c1-33-13-30-32-23(33)17-6-5-14(10-29)7-19(17)15-8-16(12-35)31-22(9-15)34-11-20-18(24(34)36)3-2-4-21(20)25(26,27)28/h2-9,13,35H,11-12H2,1H3. The number of hydrogen-bond donors (Lipinski definition) is 1. The van der Waals surface area contributed by atoms with Crippen LogP contribution in [0, 0.1) is 11.3 Å². The Hall–Kier alpha value is -4.56. The first-order chi connectivity index (χ1) is 17.2. The number of rotatable bonds is 4. The molecule has 36 heavy (non-hydrogen) atoms. The number of carbonyl (C=O) groups excluding carboxylic acids is 1. The van der Waals surface area contributed by atoms with Crippen molar-refractivity contribution in [2.45, 2.75) is 19.3 Å². The second-order valence-electron chi connectivity index (χ2n) is 8.22. The predicted molar refractivity (Wildman–Crippen MR) is 122 cm³/mol. The Bertz CT molecular complexity index is 1550. The van der Waals surface area contributed by atoms with Crippen LogP contribution in [0.1, 0.15) is 32.7 Å². The van der Waals surface area contributed by atoms with E-state index in [4.69, 9.17) is 0 Å². The van der Waals surface area contributed by atoms with Crippen molar-refractivity contribution in [2.24, 2.45) is 7.05 Å². The van der Waals surface area contributed by atoms with Gasteiger partial charge in [0.15, 0.2) is 5.82 Å². The summed E-state index contributed by atoms with van der Waals surface area (Å²) in [5.41, 5.74) is 1.20. The van der Waals surface area contributed by atoms with Crippen LogP contribution in [0.2, 0.25) is 0 Å². The second kappa shape index (κ2) is 8.58. The molecule has 1 aliphatic heterocycles. The number of aryl methyl sites for hydroxylation is 1. The van der Waals surface area contributed by atoms with Gasteiger partial charge in [-0.05, 0) is 59.2 Å². The highest BCUT2D eigenvalue weighted by Gasteiger charge is 2.40. The van der Waals surface area contributed by atoms with Gasteiger partial charge in [-0.3, -0.25) is 9.69 Å². The predicted octanol–water partition coefficient (Wildman–Crippen LogP) is 4.09. The van der Waals surface area contributed by atoms with E-state index in [0.717, 1.165) is 11.0 Å². The maximum absolute atomic E-state index is 13.6. The zero-order valence-electron chi connectivity index (χ0n) is 18.8. The lowest BCUT2D eigenvalue weighted by Gasteiger charge is -2.18. The summed E-state index contributed by atoms with van der Waals surface area (Å²) in [6.45, 7) is -0.791. The van der Waals surface area contributed by atoms with E-state index >= 15 is 0 Å². The van der Waals surface area contributed by atoms with E-state index in [1.807, 2.05) is 0 Å². The van der Waals surface area contributed by atoms with E-state index in [2.05, 4.69) is 21.3 Å². The van der Waals surface area contributed by atoms with Crippen LogP contribution in [0.15, 0.2) is 54.9 Å². The SMILES string of the molecule is Cn1cnnc1-c1ccc(C#N)cc1-c1cc(CO)nc(N2Cc3c(cccc3C(F)(F)F)C2=O)c1. The molecule has 1 aliphatic rings. The van der Waals surface area contributed by atoms with Crippen LogP contribution < -0.4 is 4.90 Å². The third-order valence-electron chi connectivity index (χ3n) is 5.99. The van der Waals surface area contributed by atoms with Gasteiger partial charge in [0.05, 0.1) is 36.0 Å². The number of aliphatic hydroxyl groups excluding tert-OH is 1. The molecule has 0 saturated heterocycles. The highest BCUT2D eigenvalue weighted by molar-refractivity contribution is 6.10. The third-order valence-corrected chi connectivity index (χ3v) is 5.99. The molecule has 4 aromatic rings. The van der Waals surface area contributed by atoms with Crippen LogP contribution in [0.3, 0.4) is 0 Å². The molecular formula is C25H17F3N6O2. The molecule has 2 aromatic heterocycles. The number of nitrogens with zero attached hydrogens (tertiary/aromatic N) is 6. The Morgan fingerprint density at radius 3 is 2.58 bits per heavy atom. The van der Waals surface area contributed by atoms with Crippen molar-refractivity contribution in [3.63, 3.8) is 0 Å². The van der Waals surface area contributed by atoms with Gasteiger partial charge in [-0.1, -0.05) is 6.07 Å². The van der Waals surface area contributed by atoms with Gasteiger partial charge < -0.3 is 9.67 Å². The maximum atomic E-state index is 13.6. The molecule has 0 bridgehead atoms. The van der Waals surface area contributed by atoms with Gasteiger partial charge in [-0.2, -0.15) is 18.4 Å². The average Bonchev–Trinajstić information content (AvgIpc) is 3.45. The average molecular weight is 490 g/mol. The lowest BCUT2D eigenvalue weighted by Crippen LogP contribution is -2.24. The smallest absolute Gasteiger partial charge is 0.390 e. The second-order valence-corrected chi connectivity index (χ2v) is 8.22. The Morgan fingerprint density at radius 1 is 1.11 bits per heavy atom. The van der Waals surface area contributed by atoms with Crippen molar-refractivity contribution in [2.75, 3.05) is 4.90 Å². The number of aliphatic hydroxyl groups is 1. The Morgan fingerprint density at radius 2 is 1.92 bits per heavy atom. The number of aromatic nitrogens is 4. The number of hydrogen-bond acceptors (Lipinski definition) is 6. The normalized spacial score (nSPS) is 13.1. The summed E-state index contributed by atoms with van der Waals surface area (Å²) in [5.74, 6) is -0.0287. The van der Waals surface area contributed by atoms with Crippen LogP contribution in [0.25, 0.3) is 22.5 Å². The Kier molecular flexibility index (Phi) is 5.53. The summed E-state index contributed by atoms with van der Waals surface area (Å²) >= 11 is 0. The summed E-state index contributed by atoms with van der Waals surface area (Å²) in [4.78, 5) is 18.6. The highest BCUT2D eigenvalue weighted by Crippen LogP contribution is 2.39. The summed E-state index contributed by atoms with van der Waals surface area (Å²) < 4.78 is 42.4. The lowest BCUT2D eigenvalue weighted by molar-refractivity contribution is -0.138. The third kappa shape index (κ3) is 3.87. The number of nitriles is 1. The zero-order valence-corrected chi connectivity index (χ0v) is 18.8. The highest BCUT2D eigenvalue weighted by atomic mass is 19.4. The van der Waals surface area contributed by atoms with Crippen LogP contribution in [-0.2, 0) is 26.4 Å². The molecule has 8 nitrogen and oxygen atoms in total. The van der Waals surface area contributed by atoms with Crippen molar-refractivity contribution in [1.82, 2.24) is 19.7 Å². The fourth-order valence-electron chi connectivity index (χ4n) is 4.30. The molecule has 0 spiro atoms. The number of amides is 1. The summed E-state index contributed by atoms with van der Waals surface area (Å²) in [7, 11) is 1.76. The summed E-state index contributed by atoms with van der Waals surface area (Å²) in [5, 5.41) is 27.4. The fraction of sp³-hybridized carbons (Fsp3) is 0.160. The first-order valence-corrected chi connectivity index (χ1v) is 10.7. The Balaban J connectivity index is 1.66. The van der Waals surface area contributed by atoms with Crippen molar-refractivity contribution < 1.29 is 23.1 Å². The maximum Gasteiger partial charge on any atom is 0.416 e. The molecule has 3 heterocycles. The van der Waals surface area contributed by atoms with Crippen LogP contribution in [0.5, 0.6) is 0 Å². The number of halogens is 3. The summed E-state index contributed by atoms with van der Waals surface area (Å²) in [6.07, 6.45) is -3.09. The van der Waals surface area contributed by atoms with Crippen LogP contribution in [0.4, 0.5) is 19.0 Å². The number of alkyl halides is 3. The zero-order chi connectivity index (χ0) is 25.6. The monoisotopic (exact) mass is 490 g/mol. The minimum absolute atomic E-state index is 0.0474. The molecule has 0 unspecified atom stereocenters. The van der Waals surface area contributed by atoms with E-state index in [0.29, 0.717) is 28.1 Å². The quantitative estimate of drug-likeness (QED) is 0.462. The molecule has 0 radical (unpaired) electrons. The summed E-state index contributed by atoms with van der Waals surface area (Å²) in [6, 6.07) is 13.7. The van der Waals surface area contributed by atoms with Gasteiger partial charge in [0.25, 0.3) is 5.91 Å². The van der Waals surface area contributed by atoms with Crippen molar-refractivity contribution >= 4 is 11.7 Å². The molecule has 0 atom stereocenters. The van der Waals surface area contributed by atoms with Crippen molar-refractivity contribution in [3.05, 3.63) is 82.8 Å². The van der Waals surface area contributed by atoms with Gasteiger partial charge in [0, 0.05) is 18.2 Å². The van der Waals surface area contributed by atoms with E-state index < -0.39 is 24.3 Å². The molecule has 0 saturated carbocycles. The van der Waals surface area contributed by atoms with E-state index in [1.54, 1.807) is 41.9 Å². The molecule has 0 aliphatic carbocycles. The lowest BCUT2D eigenvalue weighted by atomic mass is 9.96. The first kappa shape index (κ1) is 23.2. The minimum atomic E-state index is -4.62. The van der Waals surface area contributed by atoms with E-state index in [-0.39, 0.29) is 29.2 Å². The van der Waals surface area contributed by atoms with Crippen molar-refractivity contribution in [3.8, 4) is 28.6 Å². The molecule has 5 rings (SSSR count). The molecular weight excluding hydrogens is 473 g/mol. The Labute approximate surface area is 202 Å². The number of anilines is 1. The van der Waals surface area contributed by atoms with Gasteiger partial charge in [-0.25, -0.2) is 4.98 Å². The van der Waals surface area contributed by atoms with Gasteiger partial charge in [-0.15, -0.1) is 10.2 Å². The van der Waals surface area contributed by atoms with Crippen LogP contribution in [-0.4, -0.2) is 30.8 Å². The number of fused-ring (bicyclic) bond motifs is 1. The van der Waals surface area contributed by atoms with Gasteiger partial charge in [0.2, 0.25) is 0 Å². The molecule has 180 valence electrons. The van der Waals surface area contributed by atoms with Gasteiger partial charge >= 0.3 is 6.18 Å². The topological polar surface area (TPSA) is 108 Å². The largest absolute Gasteiger partial charge is 0.416 e. The fourth-order valence-corrected chi connectivity index (χ4v) is 4.30. The van der Waals surface area contributed by atoms with Crippen LogP contribution >= 0.6 is 0 Å². The number of pyridine rings is 1. The van der Waals surface area contributed by atoms with E-state index in [9.17, 15) is 28.3 Å².